The monoisotopic (exact) mass is 1210 g/mol. The number of aliphatic hydroxyl groups is 20. The lowest BCUT2D eigenvalue weighted by Crippen LogP contribution is -2.68. The van der Waals surface area contributed by atoms with Gasteiger partial charge in [0, 0.05) is 11.6 Å². The Balaban J connectivity index is 1.02. The van der Waals surface area contributed by atoms with E-state index in [4.69, 9.17) is 66.3 Å². The first-order valence-corrected chi connectivity index (χ1v) is 26.9. The lowest BCUT2D eigenvalue weighted by atomic mass is 9.95. The van der Waals surface area contributed by atoms with E-state index in [1.54, 1.807) is 36.0 Å². The highest BCUT2D eigenvalue weighted by molar-refractivity contribution is 5.03. The average Bonchev–Trinajstić information content (AvgIpc) is 3.19. The van der Waals surface area contributed by atoms with Crippen LogP contribution >= 0.6 is 0 Å². The van der Waals surface area contributed by atoms with Crippen LogP contribution in [0.15, 0.2) is 24.5 Å². The fourth-order valence-electron chi connectivity index (χ4n) is 11.4. The van der Waals surface area contributed by atoms with Crippen molar-refractivity contribution in [1.82, 2.24) is 0 Å². The molecule has 22 heterocycles. The molecule has 35 heteroatoms. The number of hydrogen-bond donors (Lipinski definition) is 20. The molecule has 14 bridgehead atoms. The van der Waals surface area contributed by atoms with Gasteiger partial charge in [0.1, 0.15) is 171 Å². The van der Waals surface area contributed by atoms with Crippen molar-refractivity contribution in [3.05, 3.63) is 30.1 Å². The molecule has 0 radical (unpaired) electrons. The molecular formula is C48H76NO34+. The molecule has 21 saturated heterocycles. The summed E-state index contributed by atoms with van der Waals surface area (Å²) in [4.78, 5) is 0. The van der Waals surface area contributed by atoms with Gasteiger partial charge in [0.05, 0.1) is 39.6 Å². The maximum atomic E-state index is 11.8. The number of aliphatic hydroxyl groups excluding tert-OH is 20. The van der Waals surface area contributed by atoms with Gasteiger partial charge in [-0.05, 0) is 13.0 Å². The third-order valence-electron chi connectivity index (χ3n) is 16.0. The zero-order chi connectivity index (χ0) is 60.0. The van der Waals surface area contributed by atoms with Crippen LogP contribution in [0.5, 0.6) is 0 Å². The molecule has 1 aromatic rings. The van der Waals surface area contributed by atoms with Crippen molar-refractivity contribution in [1.29, 1.82) is 0 Å². The molecular weight excluding hydrogens is 1130 g/mol. The van der Waals surface area contributed by atoms with E-state index in [0.717, 1.165) is 5.56 Å². The van der Waals surface area contributed by atoms with Crippen molar-refractivity contribution < 1.29 is 173 Å². The third kappa shape index (κ3) is 13.1. The number of pyridine rings is 1. The Labute approximate surface area is 470 Å². The number of aryl methyl sites for hydroxylation is 1. The third-order valence-corrected chi connectivity index (χ3v) is 16.0. The lowest BCUT2D eigenvalue weighted by molar-refractivity contribution is -0.708. The van der Waals surface area contributed by atoms with E-state index in [-0.39, 0.29) is 6.54 Å². The Morgan fingerprint density at radius 2 is 0.482 bits per heavy atom. The van der Waals surface area contributed by atoms with E-state index >= 15 is 0 Å². The molecule has 0 unspecified atom stereocenters. The standard InChI is InChI=1S/C48H76NO34/c1-13-3-2-4-49(5-13)6-14-35-21(56)28(63)42(70-14)78-36-15(7-50)72-44(30(65)23(36)58)80-38-17(9-52)74-46(32(67)25(38)60)82-40-19(11-54)76-48(34(69)27(40)62)83-41-20(12-55)75-47(33(68)26(41)61)81-39-18(10-53)73-45(31(66)24(39)59)79-37-16(8-51)71-43(77-35)29(64)22(37)57/h2-5,14-48,50-69H,6-12H2,1H3/q+1/t14-,15+,16-,17+,18-,19+,20-,21+,22+,23-,24+,25+,26+,27+,28+,29+,30-,31+,32-,33+,34+,35+,36+,37+,38+,39+,40+,41+,42+,43+,44+,45+,46+,47+,48+/m0/s1. The Morgan fingerprint density at radius 3 is 0.675 bits per heavy atom. The van der Waals surface area contributed by atoms with E-state index in [0.29, 0.717) is 0 Å². The highest BCUT2D eigenvalue weighted by Gasteiger charge is 2.60. The minimum absolute atomic E-state index is 0.240. The highest BCUT2D eigenvalue weighted by Crippen LogP contribution is 2.39. The van der Waals surface area contributed by atoms with Crippen molar-refractivity contribution in [2.45, 2.75) is 228 Å². The van der Waals surface area contributed by atoms with Crippen molar-refractivity contribution >= 4 is 0 Å². The molecule has 476 valence electrons. The highest BCUT2D eigenvalue weighted by atomic mass is 16.8. The first kappa shape index (κ1) is 65.2. The van der Waals surface area contributed by atoms with E-state index in [1.165, 1.54) is 0 Å². The SMILES string of the molecule is Cc1ccc[n+](C[C@@H]2O[C@@H]3O[C@H]4[C@@H](O)[C@H](O)[C@@H](O[C@H]5[C@H](O)[C@H](O)[C@@H](O[C@H]6[C@H](O)[C@@H](O)[C@@H](O[C@H]7[C@H](O)[C@@H](O)[C@@H](O[C@H]8[C@H](O)[C@@H](O)[C@@H](O[C@H]9[C@H](O)[C@@H](O)[C@@H](O[C@H]2[C@H](O)[C@H]3O)O[C@H]9CO)O[C@H]8CO)O[C@H]7CO)O[C@@H]6CO)O[C@@H]5CO)O[C@@H]4CO)c1. The molecule has 35 atom stereocenters. The quantitative estimate of drug-likeness (QED) is 0.107. The molecule has 22 rings (SSSR count). The summed E-state index contributed by atoms with van der Waals surface area (Å²) >= 11 is 0. The van der Waals surface area contributed by atoms with Crippen LogP contribution in [0.2, 0.25) is 0 Å². The largest absolute Gasteiger partial charge is 0.394 e. The molecule has 21 aliphatic heterocycles. The van der Waals surface area contributed by atoms with Gasteiger partial charge >= 0.3 is 0 Å². The van der Waals surface area contributed by atoms with Crippen molar-refractivity contribution in [3.8, 4) is 0 Å². The minimum Gasteiger partial charge on any atom is -0.394 e. The van der Waals surface area contributed by atoms with Gasteiger partial charge in [0.15, 0.2) is 63.0 Å². The van der Waals surface area contributed by atoms with E-state index < -0.39 is 255 Å². The van der Waals surface area contributed by atoms with Crippen LogP contribution in [-0.4, -0.2) is 357 Å². The topological polar surface area (TPSA) is 538 Å². The molecule has 21 aliphatic rings. The first-order valence-electron chi connectivity index (χ1n) is 26.9. The number of hydrogen-bond acceptors (Lipinski definition) is 34. The zero-order valence-corrected chi connectivity index (χ0v) is 44.1. The molecule has 1 aromatic heterocycles. The summed E-state index contributed by atoms with van der Waals surface area (Å²) in [6, 6.07) is 3.41. The van der Waals surface area contributed by atoms with Gasteiger partial charge in [-0.2, -0.15) is 0 Å². The number of nitrogens with zero attached hydrogens (tertiary/aromatic N) is 1. The molecule has 20 N–H and O–H groups in total. The predicted octanol–water partition coefficient (Wildman–Crippen LogP) is -13.9. The Morgan fingerprint density at radius 1 is 0.289 bits per heavy atom. The number of aromatic nitrogens is 1. The molecule has 35 nitrogen and oxygen atoms in total. The van der Waals surface area contributed by atoms with Crippen molar-refractivity contribution in [2.75, 3.05) is 39.6 Å². The van der Waals surface area contributed by atoms with Crippen molar-refractivity contribution in [3.63, 3.8) is 0 Å². The summed E-state index contributed by atoms with van der Waals surface area (Å²) in [5, 5.41) is 223. The molecule has 0 aromatic carbocycles. The lowest BCUT2D eigenvalue weighted by Gasteiger charge is -2.50. The summed E-state index contributed by atoms with van der Waals surface area (Å²) in [6.07, 6.45) is -66.0. The van der Waals surface area contributed by atoms with Crippen LogP contribution in [0.25, 0.3) is 0 Å². The molecule has 0 spiro atoms. The molecule has 83 heavy (non-hydrogen) atoms. The fourth-order valence-corrected chi connectivity index (χ4v) is 11.4. The maximum Gasteiger partial charge on any atom is 0.187 e. The van der Waals surface area contributed by atoms with Gasteiger partial charge in [-0.3, -0.25) is 0 Å². The molecule has 0 amide bonds. The second kappa shape index (κ2) is 27.7. The van der Waals surface area contributed by atoms with Gasteiger partial charge in [-0.1, -0.05) is 0 Å². The second-order valence-corrected chi connectivity index (χ2v) is 21.5. The van der Waals surface area contributed by atoms with Crippen LogP contribution in [-0.2, 0) is 72.9 Å². The summed E-state index contributed by atoms with van der Waals surface area (Å²) in [6.45, 7) is -4.68. The number of rotatable bonds is 8. The predicted molar refractivity (Wildman–Crippen MR) is 253 cm³/mol. The van der Waals surface area contributed by atoms with Crippen molar-refractivity contribution in [2.24, 2.45) is 0 Å². The van der Waals surface area contributed by atoms with Gasteiger partial charge in [-0.25, -0.2) is 4.57 Å². The maximum absolute atomic E-state index is 11.8. The van der Waals surface area contributed by atoms with E-state index in [2.05, 4.69) is 0 Å². The Kier molecular flexibility index (Phi) is 21.8. The van der Waals surface area contributed by atoms with Gasteiger partial charge < -0.3 is 168 Å². The minimum atomic E-state index is -2.20. The van der Waals surface area contributed by atoms with Crippen LogP contribution in [0.1, 0.15) is 5.56 Å². The number of ether oxygens (including phenoxy) is 14. The van der Waals surface area contributed by atoms with Crippen LogP contribution in [0, 0.1) is 6.92 Å². The van der Waals surface area contributed by atoms with E-state index in [1.807, 2.05) is 0 Å². The van der Waals surface area contributed by atoms with Gasteiger partial charge in [0.2, 0.25) is 0 Å². The molecule has 21 fully saturated rings. The van der Waals surface area contributed by atoms with Crippen LogP contribution in [0.4, 0.5) is 0 Å². The fraction of sp³-hybridized carbons (Fsp3) is 0.896. The molecule has 0 saturated carbocycles. The van der Waals surface area contributed by atoms with Crippen LogP contribution < -0.4 is 4.57 Å². The zero-order valence-electron chi connectivity index (χ0n) is 44.1. The van der Waals surface area contributed by atoms with E-state index in [9.17, 15) is 102 Å². The van der Waals surface area contributed by atoms with Gasteiger partial charge in [0.25, 0.3) is 0 Å². The van der Waals surface area contributed by atoms with Crippen LogP contribution in [0.3, 0.4) is 0 Å². The normalized spacial score (nSPS) is 52.2. The summed E-state index contributed by atoms with van der Waals surface area (Å²) in [5.74, 6) is 0. The Hall–Kier alpha value is -2.21. The first-order chi connectivity index (χ1) is 39.6. The Bertz CT molecular complexity index is 2180. The molecule has 0 aliphatic carbocycles. The summed E-state index contributed by atoms with van der Waals surface area (Å²) < 4.78 is 83.0. The summed E-state index contributed by atoms with van der Waals surface area (Å²) in [7, 11) is 0. The van der Waals surface area contributed by atoms with Gasteiger partial charge in [-0.15, -0.1) is 0 Å². The summed E-state index contributed by atoms with van der Waals surface area (Å²) in [5.41, 5.74) is 0.735. The second-order valence-electron chi connectivity index (χ2n) is 21.5. The smallest absolute Gasteiger partial charge is 0.187 e. The average molecular weight is 1210 g/mol.